The molecule has 0 aliphatic carbocycles. The highest BCUT2D eigenvalue weighted by atomic mass is 32.2. The van der Waals surface area contributed by atoms with Crippen molar-refractivity contribution in [3.8, 4) is 5.75 Å². The van der Waals surface area contributed by atoms with E-state index in [1.54, 1.807) is 31.2 Å². The first kappa shape index (κ1) is 22.4. The van der Waals surface area contributed by atoms with Gasteiger partial charge in [0.15, 0.2) is 6.10 Å². The van der Waals surface area contributed by atoms with E-state index < -0.39 is 16.1 Å². The standard InChI is InChI=1S/C24H26N2O4S/c1-16-5-7-21(8-6-16)26-31(28,29)23-11-9-20(10-12-23)25-24(27)19(4)30-22-14-17(2)13-18(3)15-22/h5-15,19,26H,1-4H3,(H,25,27)/t19-/m1/s1. The molecule has 3 rings (SSSR count). The number of sulfonamides is 1. The highest BCUT2D eigenvalue weighted by Crippen LogP contribution is 2.20. The Hall–Kier alpha value is -3.32. The summed E-state index contributed by atoms with van der Waals surface area (Å²) >= 11 is 0. The Morgan fingerprint density at radius 2 is 1.35 bits per heavy atom. The molecule has 0 saturated heterocycles. The van der Waals surface area contributed by atoms with Crippen LogP contribution in [0.5, 0.6) is 5.75 Å². The number of hydrogen-bond acceptors (Lipinski definition) is 4. The second-order valence-corrected chi connectivity index (χ2v) is 9.25. The first-order valence-corrected chi connectivity index (χ1v) is 11.4. The third kappa shape index (κ3) is 6.08. The van der Waals surface area contributed by atoms with Gasteiger partial charge in [0.1, 0.15) is 5.75 Å². The number of rotatable bonds is 7. The summed E-state index contributed by atoms with van der Waals surface area (Å²) in [6.45, 7) is 7.53. The van der Waals surface area contributed by atoms with Crippen molar-refractivity contribution in [3.05, 3.63) is 83.4 Å². The lowest BCUT2D eigenvalue weighted by Crippen LogP contribution is -2.30. The Kier molecular flexibility index (Phi) is 6.65. The molecule has 0 fully saturated rings. The van der Waals surface area contributed by atoms with E-state index in [2.05, 4.69) is 10.0 Å². The Morgan fingerprint density at radius 3 is 1.94 bits per heavy atom. The number of aryl methyl sites for hydroxylation is 3. The third-order valence-corrected chi connectivity index (χ3v) is 6.01. The van der Waals surface area contributed by atoms with E-state index in [0.29, 0.717) is 17.1 Å². The molecule has 0 aliphatic rings. The van der Waals surface area contributed by atoms with Gasteiger partial charge in [0, 0.05) is 11.4 Å². The maximum atomic E-state index is 12.6. The van der Waals surface area contributed by atoms with E-state index in [1.807, 2.05) is 51.1 Å². The van der Waals surface area contributed by atoms with Crippen LogP contribution < -0.4 is 14.8 Å². The minimum Gasteiger partial charge on any atom is -0.481 e. The fourth-order valence-corrected chi connectivity index (χ4v) is 4.11. The van der Waals surface area contributed by atoms with Crippen LogP contribution in [0, 0.1) is 20.8 Å². The maximum Gasteiger partial charge on any atom is 0.265 e. The second-order valence-electron chi connectivity index (χ2n) is 7.57. The molecule has 0 saturated carbocycles. The normalized spacial score (nSPS) is 12.1. The molecule has 6 nitrogen and oxygen atoms in total. The molecule has 1 atom stereocenters. The molecular weight excluding hydrogens is 412 g/mol. The molecule has 2 N–H and O–H groups in total. The SMILES string of the molecule is Cc1ccc(NS(=O)(=O)c2ccc(NC(=O)[C@@H](C)Oc3cc(C)cc(C)c3)cc2)cc1. The van der Waals surface area contributed by atoms with Crippen LogP contribution in [-0.2, 0) is 14.8 Å². The summed E-state index contributed by atoms with van der Waals surface area (Å²) in [5.41, 5.74) is 4.12. The molecule has 31 heavy (non-hydrogen) atoms. The zero-order valence-corrected chi connectivity index (χ0v) is 18.8. The first-order valence-electron chi connectivity index (χ1n) is 9.88. The third-order valence-electron chi connectivity index (χ3n) is 4.61. The van der Waals surface area contributed by atoms with Crippen molar-refractivity contribution in [3.63, 3.8) is 0 Å². The Bertz CT molecular complexity index is 1150. The van der Waals surface area contributed by atoms with E-state index in [9.17, 15) is 13.2 Å². The molecule has 0 spiro atoms. The summed E-state index contributed by atoms with van der Waals surface area (Å²) in [4.78, 5) is 12.6. The average molecular weight is 439 g/mol. The van der Waals surface area contributed by atoms with Crippen LogP contribution in [0.4, 0.5) is 11.4 Å². The Labute approximate surface area is 183 Å². The van der Waals surface area contributed by atoms with Gasteiger partial charge in [-0.15, -0.1) is 0 Å². The van der Waals surface area contributed by atoms with Gasteiger partial charge in [-0.05, 0) is 87.4 Å². The zero-order valence-electron chi connectivity index (χ0n) is 18.0. The highest BCUT2D eigenvalue weighted by molar-refractivity contribution is 7.92. The molecule has 3 aromatic rings. The topological polar surface area (TPSA) is 84.5 Å². The molecular formula is C24H26N2O4S. The van der Waals surface area contributed by atoms with Gasteiger partial charge >= 0.3 is 0 Å². The highest BCUT2D eigenvalue weighted by Gasteiger charge is 2.17. The molecule has 3 aromatic carbocycles. The summed E-state index contributed by atoms with van der Waals surface area (Å²) in [5.74, 6) is 0.302. The van der Waals surface area contributed by atoms with E-state index in [1.165, 1.54) is 12.1 Å². The summed E-state index contributed by atoms with van der Waals surface area (Å²) in [6.07, 6.45) is -0.715. The summed E-state index contributed by atoms with van der Waals surface area (Å²) in [6, 6.07) is 18.8. The van der Waals surface area contributed by atoms with Crippen molar-refractivity contribution in [2.24, 2.45) is 0 Å². The van der Waals surface area contributed by atoms with E-state index >= 15 is 0 Å². The summed E-state index contributed by atoms with van der Waals surface area (Å²) < 4.78 is 33.4. The van der Waals surface area contributed by atoms with Crippen molar-refractivity contribution in [2.45, 2.75) is 38.7 Å². The van der Waals surface area contributed by atoms with Gasteiger partial charge in [-0.3, -0.25) is 9.52 Å². The van der Waals surface area contributed by atoms with Crippen molar-refractivity contribution >= 4 is 27.3 Å². The quantitative estimate of drug-likeness (QED) is 0.554. The van der Waals surface area contributed by atoms with Gasteiger partial charge in [-0.25, -0.2) is 8.42 Å². The smallest absolute Gasteiger partial charge is 0.265 e. The average Bonchev–Trinajstić information content (AvgIpc) is 2.69. The molecule has 0 aliphatic heterocycles. The number of carbonyl (C=O) groups is 1. The van der Waals surface area contributed by atoms with Crippen molar-refractivity contribution in [1.82, 2.24) is 0 Å². The fourth-order valence-electron chi connectivity index (χ4n) is 3.06. The van der Waals surface area contributed by atoms with Crippen molar-refractivity contribution < 1.29 is 17.9 Å². The summed E-state index contributed by atoms with van der Waals surface area (Å²) in [7, 11) is -3.72. The predicted molar refractivity (Wildman–Crippen MR) is 123 cm³/mol. The van der Waals surface area contributed by atoms with Gasteiger partial charge in [-0.1, -0.05) is 23.8 Å². The first-order chi connectivity index (χ1) is 14.6. The molecule has 0 unspecified atom stereocenters. The number of carbonyl (C=O) groups excluding carboxylic acids is 1. The monoisotopic (exact) mass is 438 g/mol. The van der Waals surface area contributed by atoms with Crippen LogP contribution in [0.15, 0.2) is 71.6 Å². The number of benzene rings is 3. The number of nitrogens with one attached hydrogen (secondary N) is 2. The van der Waals surface area contributed by atoms with E-state index in [4.69, 9.17) is 4.74 Å². The van der Waals surface area contributed by atoms with Crippen LogP contribution in [0.1, 0.15) is 23.6 Å². The minimum atomic E-state index is -3.72. The zero-order chi connectivity index (χ0) is 22.6. The molecule has 0 bridgehead atoms. The van der Waals surface area contributed by atoms with Crippen molar-refractivity contribution in [2.75, 3.05) is 10.0 Å². The second kappa shape index (κ2) is 9.22. The van der Waals surface area contributed by atoms with Crippen LogP contribution in [0.3, 0.4) is 0 Å². The van der Waals surface area contributed by atoms with Crippen LogP contribution in [-0.4, -0.2) is 20.4 Å². The van der Waals surface area contributed by atoms with Gasteiger partial charge in [0.05, 0.1) is 4.90 Å². The summed E-state index contributed by atoms with van der Waals surface area (Å²) in [5, 5.41) is 2.75. The van der Waals surface area contributed by atoms with Crippen LogP contribution >= 0.6 is 0 Å². The van der Waals surface area contributed by atoms with E-state index in [-0.39, 0.29) is 10.8 Å². The Morgan fingerprint density at radius 1 is 0.806 bits per heavy atom. The minimum absolute atomic E-state index is 0.102. The molecule has 0 aromatic heterocycles. The van der Waals surface area contributed by atoms with Crippen LogP contribution in [0.2, 0.25) is 0 Å². The molecule has 7 heteroatoms. The number of amides is 1. The lowest BCUT2D eigenvalue weighted by atomic mass is 10.1. The van der Waals surface area contributed by atoms with Gasteiger partial charge < -0.3 is 10.1 Å². The number of anilines is 2. The van der Waals surface area contributed by atoms with Crippen molar-refractivity contribution in [1.29, 1.82) is 0 Å². The molecule has 162 valence electrons. The fraction of sp³-hybridized carbons (Fsp3) is 0.208. The predicted octanol–water partition coefficient (Wildman–Crippen LogP) is 4.82. The lowest BCUT2D eigenvalue weighted by molar-refractivity contribution is -0.122. The number of ether oxygens (including phenoxy) is 1. The van der Waals surface area contributed by atoms with E-state index in [0.717, 1.165) is 16.7 Å². The van der Waals surface area contributed by atoms with Crippen LogP contribution in [0.25, 0.3) is 0 Å². The Balaban J connectivity index is 1.63. The largest absolute Gasteiger partial charge is 0.481 e. The lowest BCUT2D eigenvalue weighted by Gasteiger charge is -2.16. The molecule has 0 heterocycles. The van der Waals surface area contributed by atoms with Gasteiger partial charge in [-0.2, -0.15) is 0 Å². The van der Waals surface area contributed by atoms with Gasteiger partial charge in [0.2, 0.25) is 0 Å². The maximum absolute atomic E-state index is 12.6. The van der Waals surface area contributed by atoms with Gasteiger partial charge in [0.25, 0.3) is 15.9 Å². The number of hydrogen-bond donors (Lipinski definition) is 2. The molecule has 1 amide bonds. The molecule has 0 radical (unpaired) electrons.